The molecule has 4 rings (SSSR count). The van der Waals surface area contributed by atoms with E-state index in [0.717, 1.165) is 36.6 Å². The Morgan fingerprint density at radius 2 is 2.04 bits per heavy atom. The molecule has 2 aromatic heterocycles. The molecule has 3 heterocycles. The average Bonchev–Trinajstić information content (AvgIpc) is 3.25. The summed E-state index contributed by atoms with van der Waals surface area (Å²) in [5.74, 6) is 1.52. The van der Waals surface area contributed by atoms with Crippen LogP contribution < -0.4 is 14.4 Å². The maximum absolute atomic E-state index is 13.1. The van der Waals surface area contributed by atoms with Gasteiger partial charge in [-0.2, -0.15) is 0 Å². The van der Waals surface area contributed by atoms with Crippen LogP contribution in [0.15, 0.2) is 24.3 Å². The Balaban J connectivity index is 1.57. The van der Waals surface area contributed by atoms with Gasteiger partial charge in [0.2, 0.25) is 0 Å². The summed E-state index contributed by atoms with van der Waals surface area (Å²) in [4.78, 5) is 23.1. The smallest absolute Gasteiger partial charge is 0.264 e. The van der Waals surface area contributed by atoms with E-state index in [2.05, 4.69) is 4.98 Å². The van der Waals surface area contributed by atoms with E-state index in [1.165, 1.54) is 11.3 Å². The molecule has 0 radical (unpaired) electrons. The number of hydrogen-bond donors (Lipinski definition) is 0. The Labute approximate surface area is 165 Å². The van der Waals surface area contributed by atoms with Gasteiger partial charge in [0.05, 0.1) is 9.58 Å². The van der Waals surface area contributed by atoms with E-state index in [9.17, 15) is 4.79 Å². The first-order chi connectivity index (χ1) is 13.1. The highest BCUT2D eigenvalue weighted by Crippen LogP contribution is 2.36. The quantitative estimate of drug-likeness (QED) is 0.648. The lowest BCUT2D eigenvalue weighted by Gasteiger charge is -2.25. The summed E-state index contributed by atoms with van der Waals surface area (Å²) in [5, 5.41) is 0.954. The lowest BCUT2D eigenvalue weighted by atomic mass is 10.1. The number of aromatic nitrogens is 1. The Bertz CT molecular complexity index is 948. The van der Waals surface area contributed by atoms with Crippen molar-refractivity contribution in [2.75, 3.05) is 38.8 Å². The van der Waals surface area contributed by atoms with Crippen molar-refractivity contribution in [3.63, 3.8) is 0 Å². The number of carbonyl (C=O) groups excluding carboxylic acids is 1. The van der Waals surface area contributed by atoms with Crippen LogP contribution >= 0.6 is 22.7 Å². The molecule has 0 bridgehead atoms. The third-order valence-corrected chi connectivity index (χ3v) is 6.67. The fourth-order valence-electron chi connectivity index (χ4n) is 2.97. The van der Waals surface area contributed by atoms with Gasteiger partial charge in [-0.25, -0.2) is 4.98 Å². The molecule has 0 fully saturated rings. The molecule has 1 aliphatic heterocycles. The number of carbonyl (C=O) groups is 1. The maximum atomic E-state index is 13.1. The number of rotatable bonds is 5. The van der Waals surface area contributed by atoms with Crippen LogP contribution in [0, 0.1) is 0 Å². The van der Waals surface area contributed by atoms with E-state index in [0.29, 0.717) is 26.3 Å². The second kappa shape index (κ2) is 7.36. The fraction of sp³-hybridized carbons (Fsp3) is 0.368. The van der Waals surface area contributed by atoms with Crippen LogP contribution in [0.2, 0.25) is 0 Å². The highest BCUT2D eigenvalue weighted by molar-refractivity contribution is 7.29. The zero-order chi connectivity index (χ0) is 19.0. The molecule has 0 atom stereocenters. The van der Waals surface area contributed by atoms with Gasteiger partial charge in [-0.1, -0.05) is 23.5 Å². The third kappa shape index (κ3) is 3.46. The molecule has 1 aliphatic rings. The number of thiophene rings is 1. The molecule has 0 saturated carbocycles. The summed E-state index contributed by atoms with van der Waals surface area (Å²) >= 11 is 3.06. The van der Waals surface area contributed by atoms with Crippen molar-refractivity contribution in [3.05, 3.63) is 34.7 Å². The van der Waals surface area contributed by atoms with Gasteiger partial charge >= 0.3 is 0 Å². The number of fused-ring (bicyclic) bond motifs is 2. The maximum Gasteiger partial charge on any atom is 0.264 e. The highest BCUT2D eigenvalue weighted by atomic mass is 32.1. The lowest BCUT2D eigenvalue weighted by molar-refractivity contribution is 0.0754. The van der Waals surface area contributed by atoms with Gasteiger partial charge in [0.15, 0.2) is 16.6 Å². The number of hydrogen-bond acceptors (Lipinski definition) is 7. The van der Waals surface area contributed by atoms with Crippen molar-refractivity contribution in [2.45, 2.75) is 13.5 Å². The minimum Gasteiger partial charge on any atom is -0.486 e. The summed E-state index contributed by atoms with van der Waals surface area (Å²) in [5.41, 5.74) is 0.966. The first-order valence-corrected chi connectivity index (χ1v) is 10.4. The van der Waals surface area contributed by atoms with E-state index in [1.807, 2.05) is 55.1 Å². The average molecular weight is 404 g/mol. The zero-order valence-corrected chi connectivity index (χ0v) is 17.2. The van der Waals surface area contributed by atoms with Crippen LogP contribution in [0.4, 0.5) is 5.13 Å². The number of benzene rings is 1. The molecular formula is C19H21N3O3S2. The second-order valence-electron chi connectivity index (χ2n) is 6.43. The molecule has 0 N–H and O–H groups in total. The number of ether oxygens (including phenoxy) is 2. The second-order valence-corrected chi connectivity index (χ2v) is 8.47. The standard InChI is InChI=1S/C19H21N3O3S2/c1-4-22(11-12-6-5-7-13-16(12)25-9-8-24-13)18(23)15-10-14-17(26-15)20-19(27-14)21(2)3/h5-7,10H,4,8-9,11H2,1-3H3. The van der Waals surface area contributed by atoms with Gasteiger partial charge in [-0.3, -0.25) is 4.79 Å². The Kier molecular flexibility index (Phi) is 4.92. The minimum absolute atomic E-state index is 0.0217. The molecule has 1 amide bonds. The van der Waals surface area contributed by atoms with Crippen LogP contribution in [-0.4, -0.2) is 49.6 Å². The van der Waals surface area contributed by atoms with E-state index >= 15 is 0 Å². The molecular weight excluding hydrogens is 382 g/mol. The van der Waals surface area contributed by atoms with Gasteiger partial charge in [0.1, 0.15) is 18.0 Å². The molecule has 3 aromatic rings. The van der Waals surface area contributed by atoms with Crippen LogP contribution in [-0.2, 0) is 6.54 Å². The van der Waals surface area contributed by atoms with Gasteiger partial charge in [0.25, 0.3) is 5.91 Å². The topological polar surface area (TPSA) is 54.9 Å². The van der Waals surface area contributed by atoms with Gasteiger partial charge in [-0.15, -0.1) is 11.3 Å². The number of nitrogens with zero attached hydrogens (tertiary/aromatic N) is 3. The number of para-hydroxylation sites is 1. The lowest BCUT2D eigenvalue weighted by Crippen LogP contribution is -2.30. The fourth-order valence-corrected chi connectivity index (χ4v) is 5.07. The van der Waals surface area contributed by atoms with Crippen molar-refractivity contribution in [1.29, 1.82) is 0 Å². The van der Waals surface area contributed by atoms with Crippen LogP contribution in [0.3, 0.4) is 0 Å². The predicted molar refractivity (Wildman–Crippen MR) is 110 cm³/mol. The zero-order valence-electron chi connectivity index (χ0n) is 15.5. The molecule has 27 heavy (non-hydrogen) atoms. The molecule has 142 valence electrons. The van der Waals surface area contributed by atoms with E-state index in [4.69, 9.17) is 9.47 Å². The minimum atomic E-state index is 0.0217. The SMILES string of the molecule is CCN(Cc1cccc2c1OCCO2)C(=O)c1cc2sc(N(C)C)nc2s1. The number of anilines is 1. The Hall–Kier alpha value is -2.32. The number of thiazole rings is 1. The molecule has 0 unspecified atom stereocenters. The van der Waals surface area contributed by atoms with E-state index in [1.54, 1.807) is 11.3 Å². The Morgan fingerprint density at radius 1 is 1.22 bits per heavy atom. The highest BCUT2D eigenvalue weighted by Gasteiger charge is 2.22. The monoisotopic (exact) mass is 403 g/mol. The van der Waals surface area contributed by atoms with Gasteiger partial charge in [-0.05, 0) is 19.1 Å². The van der Waals surface area contributed by atoms with Crippen molar-refractivity contribution >= 4 is 43.2 Å². The summed E-state index contributed by atoms with van der Waals surface area (Å²) in [7, 11) is 3.94. The van der Waals surface area contributed by atoms with Crippen LogP contribution in [0.1, 0.15) is 22.2 Å². The van der Waals surface area contributed by atoms with E-state index in [-0.39, 0.29) is 5.91 Å². The van der Waals surface area contributed by atoms with Crippen molar-refractivity contribution < 1.29 is 14.3 Å². The van der Waals surface area contributed by atoms with Crippen LogP contribution in [0.5, 0.6) is 11.5 Å². The molecule has 0 aliphatic carbocycles. The molecule has 6 nitrogen and oxygen atoms in total. The van der Waals surface area contributed by atoms with Crippen molar-refractivity contribution in [2.24, 2.45) is 0 Å². The predicted octanol–water partition coefficient (Wildman–Crippen LogP) is 3.86. The van der Waals surface area contributed by atoms with E-state index < -0.39 is 0 Å². The number of amides is 1. The van der Waals surface area contributed by atoms with Gasteiger partial charge in [0, 0.05) is 32.7 Å². The molecule has 0 saturated heterocycles. The first kappa shape index (κ1) is 18.1. The summed E-state index contributed by atoms with van der Waals surface area (Å²) in [6, 6.07) is 7.78. The summed E-state index contributed by atoms with van der Waals surface area (Å²) in [6.45, 7) is 4.18. The van der Waals surface area contributed by atoms with Crippen LogP contribution in [0.25, 0.3) is 9.53 Å². The van der Waals surface area contributed by atoms with Gasteiger partial charge < -0.3 is 19.3 Å². The third-order valence-electron chi connectivity index (χ3n) is 4.35. The molecule has 1 aromatic carbocycles. The largest absolute Gasteiger partial charge is 0.486 e. The molecule has 8 heteroatoms. The molecule has 0 spiro atoms. The Morgan fingerprint density at radius 3 is 2.78 bits per heavy atom. The first-order valence-electron chi connectivity index (χ1n) is 8.81. The normalized spacial score (nSPS) is 13.0. The summed E-state index contributed by atoms with van der Waals surface area (Å²) in [6.07, 6.45) is 0. The van der Waals surface area contributed by atoms with Crippen molar-refractivity contribution in [3.8, 4) is 11.5 Å². The van der Waals surface area contributed by atoms with Crippen molar-refractivity contribution in [1.82, 2.24) is 9.88 Å². The summed E-state index contributed by atoms with van der Waals surface area (Å²) < 4.78 is 12.5.